The first-order valence-corrected chi connectivity index (χ1v) is 5.79. The van der Waals surface area contributed by atoms with Crippen LogP contribution in [-0.4, -0.2) is 31.6 Å². The number of ether oxygens (including phenoxy) is 2. The third kappa shape index (κ3) is 5.35. The van der Waals surface area contributed by atoms with E-state index in [0.717, 1.165) is 11.6 Å². The predicted octanol–water partition coefficient (Wildman–Crippen LogP) is 1.05. The molecule has 0 aromatic heterocycles. The summed E-state index contributed by atoms with van der Waals surface area (Å²) in [6.07, 6.45) is 1.09. The second kappa shape index (κ2) is 8.05. The van der Waals surface area contributed by atoms with Crippen LogP contribution in [0.3, 0.4) is 0 Å². The minimum absolute atomic E-state index is 0.0428. The van der Waals surface area contributed by atoms with Crippen molar-refractivity contribution in [3.8, 4) is 0 Å². The van der Waals surface area contributed by atoms with Crippen LogP contribution < -0.4 is 5.32 Å². The molecule has 0 spiro atoms. The van der Waals surface area contributed by atoms with E-state index in [2.05, 4.69) is 16.6 Å². The van der Waals surface area contributed by atoms with Crippen LogP contribution in [0.15, 0.2) is 43.0 Å². The van der Waals surface area contributed by atoms with Gasteiger partial charge in [0.25, 0.3) is 0 Å². The fourth-order valence-electron chi connectivity index (χ4n) is 1.41. The van der Waals surface area contributed by atoms with E-state index in [-0.39, 0.29) is 6.61 Å². The van der Waals surface area contributed by atoms with Crippen LogP contribution in [0.25, 0.3) is 0 Å². The quantitative estimate of drug-likeness (QED) is 0.590. The highest BCUT2D eigenvalue weighted by Gasteiger charge is 2.20. The summed E-state index contributed by atoms with van der Waals surface area (Å²) in [5.41, 5.74) is 0.987. The van der Waals surface area contributed by atoms with E-state index in [4.69, 9.17) is 4.74 Å². The lowest BCUT2D eigenvalue weighted by molar-refractivity contribution is -0.146. The number of esters is 1. The molecule has 0 radical (unpaired) electrons. The summed E-state index contributed by atoms with van der Waals surface area (Å²) < 4.78 is 9.99. The van der Waals surface area contributed by atoms with Crippen molar-refractivity contribution in [1.29, 1.82) is 0 Å². The molecule has 0 aliphatic rings. The topological polar surface area (TPSA) is 64.6 Å². The predicted molar refractivity (Wildman–Crippen MR) is 70.2 cm³/mol. The lowest BCUT2D eigenvalue weighted by atomic mass is 10.2. The van der Waals surface area contributed by atoms with Crippen molar-refractivity contribution >= 4 is 11.9 Å². The summed E-state index contributed by atoms with van der Waals surface area (Å²) in [7, 11) is 1.26. The number of benzene rings is 1. The number of hydrogen-bond donors (Lipinski definition) is 1. The molecule has 0 aliphatic carbocycles. The normalized spacial score (nSPS) is 11.4. The zero-order valence-corrected chi connectivity index (χ0v) is 10.8. The van der Waals surface area contributed by atoms with Crippen molar-refractivity contribution in [1.82, 2.24) is 5.32 Å². The Kier molecular flexibility index (Phi) is 6.32. The van der Waals surface area contributed by atoms with Gasteiger partial charge < -0.3 is 14.8 Å². The molecule has 1 aromatic rings. The van der Waals surface area contributed by atoms with Crippen LogP contribution in [0, 0.1) is 0 Å². The van der Waals surface area contributed by atoms with Gasteiger partial charge in [-0.05, 0) is 11.6 Å². The van der Waals surface area contributed by atoms with E-state index < -0.39 is 17.9 Å². The van der Waals surface area contributed by atoms with Crippen LogP contribution in [-0.2, 0) is 25.7 Å². The standard InChI is InChI=1S/C14H17NO4/c1-3-13(16)15-12(14(17)18-2)10-19-9-11-7-5-4-6-8-11/h3-8,12H,1,9-10H2,2H3,(H,15,16)/t12-/m0/s1. The Bertz CT molecular complexity index is 430. The molecule has 0 heterocycles. The first kappa shape index (κ1) is 14.9. The number of carbonyl (C=O) groups excluding carboxylic acids is 2. The number of amides is 1. The van der Waals surface area contributed by atoms with Crippen molar-refractivity contribution in [2.24, 2.45) is 0 Å². The SMILES string of the molecule is C=CC(=O)N[C@@H](COCc1ccccc1)C(=O)OC. The largest absolute Gasteiger partial charge is 0.467 e. The molecule has 19 heavy (non-hydrogen) atoms. The summed E-state index contributed by atoms with van der Waals surface area (Å²) in [5.74, 6) is -0.998. The molecule has 0 bridgehead atoms. The van der Waals surface area contributed by atoms with Crippen LogP contribution in [0.1, 0.15) is 5.56 Å². The van der Waals surface area contributed by atoms with Crippen LogP contribution in [0.5, 0.6) is 0 Å². The van der Waals surface area contributed by atoms with Crippen molar-refractivity contribution in [3.63, 3.8) is 0 Å². The fourth-order valence-corrected chi connectivity index (χ4v) is 1.41. The zero-order valence-electron chi connectivity index (χ0n) is 10.8. The van der Waals surface area contributed by atoms with Gasteiger partial charge in [0, 0.05) is 0 Å². The lowest BCUT2D eigenvalue weighted by Gasteiger charge is -2.15. The molecular weight excluding hydrogens is 246 g/mol. The molecule has 0 saturated carbocycles. The first-order valence-electron chi connectivity index (χ1n) is 5.79. The minimum Gasteiger partial charge on any atom is -0.467 e. The minimum atomic E-state index is -0.834. The molecule has 1 aromatic carbocycles. The van der Waals surface area contributed by atoms with Gasteiger partial charge in [0.15, 0.2) is 6.04 Å². The van der Waals surface area contributed by atoms with Crippen LogP contribution in [0.4, 0.5) is 0 Å². The first-order chi connectivity index (χ1) is 9.17. The second-order valence-corrected chi connectivity index (χ2v) is 3.79. The Morgan fingerprint density at radius 2 is 2.05 bits per heavy atom. The maximum Gasteiger partial charge on any atom is 0.330 e. The van der Waals surface area contributed by atoms with Crippen molar-refractivity contribution < 1.29 is 19.1 Å². The summed E-state index contributed by atoms with van der Waals surface area (Å²) in [4.78, 5) is 22.6. The van der Waals surface area contributed by atoms with Gasteiger partial charge in [-0.3, -0.25) is 4.79 Å². The van der Waals surface area contributed by atoms with E-state index in [1.54, 1.807) is 0 Å². The number of nitrogens with one attached hydrogen (secondary N) is 1. The molecular formula is C14H17NO4. The highest BCUT2D eigenvalue weighted by molar-refractivity contribution is 5.91. The van der Waals surface area contributed by atoms with E-state index >= 15 is 0 Å². The smallest absolute Gasteiger partial charge is 0.330 e. The van der Waals surface area contributed by atoms with Gasteiger partial charge in [-0.25, -0.2) is 4.79 Å². The van der Waals surface area contributed by atoms with Crippen molar-refractivity contribution in [2.45, 2.75) is 12.6 Å². The molecule has 1 atom stereocenters. The third-order valence-corrected chi connectivity index (χ3v) is 2.38. The van der Waals surface area contributed by atoms with Gasteiger partial charge in [0.1, 0.15) is 0 Å². The average molecular weight is 263 g/mol. The van der Waals surface area contributed by atoms with Gasteiger partial charge in [0.2, 0.25) is 5.91 Å². The molecule has 1 rings (SSSR count). The summed E-state index contributed by atoms with van der Waals surface area (Å²) >= 11 is 0. The van der Waals surface area contributed by atoms with E-state index in [0.29, 0.717) is 6.61 Å². The van der Waals surface area contributed by atoms with Crippen molar-refractivity contribution in [2.75, 3.05) is 13.7 Å². The summed E-state index contributed by atoms with van der Waals surface area (Å²) in [6.45, 7) is 3.72. The maximum atomic E-state index is 11.5. The van der Waals surface area contributed by atoms with Crippen LogP contribution in [0.2, 0.25) is 0 Å². The zero-order chi connectivity index (χ0) is 14.1. The number of carbonyl (C=O) groups is 2. The highest BCUT2D eigenvalue weighted by Crippen LogP contribution is 2.01. The van der Waals surface area contributed by atoms with Gasteiger partial charge >= 0.3 is 5.97 Å². The van der Waals surface area contributed by atoms with Crippen LogP contribution >= 0.6 is 0 Å². The van der Waals surface area contributed by atoms with Gasteiger partial charge in [-0.2, -0.15) is 0 Å². The van der Waals surface area contributed by atoms with Gasteiger partial charge in [-0.1, -0.05) is 36.9 Å². The maximum absolute atomic E-state index is 11.5. The average Bonchev–Trinajstić information content (AvgIpc) is 2.46. The van der Waals surface area contributed by atoms with Gasteiger partial charge in [0.05, 0.1) is 20.3 Å². The summed E-state index contributed by atoms with van der Waals surface area (Å²) in [6, 6.07) is 8.70. The Morgan fingerprint density at radius 1 is 1.37 bits per heavy atom. The molecule has 0 unspecified atom stereocenters. The molecule has 102 valence electrons. The Morgan fingerprint density at radius 3 is 2.63 bits per heavy atom. The Hall–Kier alpha value is -2.14. The number of methoxy groups -OCH3 is 1. The number of rotatable bonds is 7. The lowest BCUT2D eigenvalue weighted by Crippen LogP contribution is -2.44. The Balaban J connectivity index is 2.46. The molecule has 5 heteroatoms. The Labute approximate surface area is 112 Å². The fraction of sp³-hybridized carbons (Fsp3) is 0.286. The van der Waals surface area contributed by atoms with Crippen molar-refractivity contribution in [3.05, 3.63) is 48.6 Å². The van der Waals surface area contributed by atoms with E-state index in [9.17, 15) is 9.59 Å². The number of hydrogen-bond acceptors (Lipinski definition) is 4. The van der Waals surface area contributed by atoms with E-state index in [1.807, 2.05) is 30.3 Å². The molecule has 1 amide bonds. The van der Waals surface area contributed by atoms with Gasteiger partial charge in [-0.15, -0.1) is 0 Å². The van der Waals surface area contributed by atoms with E-state index in [1.165, 1.54) is 7.11 Å². The highest BCUT2D eigenvalue weighted by atomic mass is 16.5. The molecule has 0 aliphatic heterocycles. The molecule has 0 fully saturated rings. The second-order valence-electron chi connectivity index (χ2n) is 3.79. The monoisotopic (exact) mass is 263 g/mol. The summed E-state index contributed by atoms with van der Waals surface area (Å²) in [5, 5.41) is 2.45. The molecule has 1 N–H and O–H groups in total. The third-order valence-electron chi connectivity index (χ3n) is 2.38. The molecule has 0 saturated heterocycles. The molecule has 5 nitrogen and oxygen atoms in total.